The number of oxime groups is 1. The molecule has 4 N–H and O–H groups in total. The second-order valence-electron chi connectivity index (χ2n) is 8.37. The molecule has 0 aliphatic carbocycles. The Labute approximate surface area is 207 Å². The Balaban J connectivity index is 1.54. The first-order valence-electron chi connectivity index (χ1n) is 10.2. The molecule has 3 aliphatic heterocycles. The van der Waals surface area contributed by atoms with E-state index < -0.39 is 45.2 Å². The van der Waals surface area contributed by atoms with Gasteiger partial charge >= 0.3 is 5.97 Å². The summed E-state index contributed by atoms with van der Waals surface area (Å²) in [4.78, 5) is 48.8. The predicted octanol–water partition coefficient (Wildman–Crippen LogP) is 0.387. The summed E-state index contributed by atoms with van der Waals surface area (Å²) in [6.07, 6.45) is 1.08. The number of carboxylic acid groups (broad SMARTS) is 1. The SMILES string of the molecule is CON=C(C(=O)NC1C(=O)N2CC(C(=O)O)(C3COC(C)(C)O3)C(SC)S[C@H]12)c1csc(N)n1. The van der Waals surface area contributed by atoms with Crippen LogP contribution in [0.1, 0.15) is 19.5 Å². The highest BCUT2D eigenvalue weighted by Gasteiger charge is 2.66. The average Bonchev–Trinajstić information content (AvgIpc) is 3.38. The van der Waals surface area contributed by atoms with Crippen LogP contribution in [-0.4, -0.2) is 92.9 Å². The maximum absolute atomic E-state index is 13.0. The number of hydrogen-bond donors (Lipinski definition) is 3. The van der Waals surface area contributed by atoms with Crippen LogP contribution >= 0.6 is 34.9 Å². The number of aromatic nitrogens is 1. The number of hydrogen-bond acceptors (Lipinski definition) is 12. The molecule has 2 amide bonds. The summed E-state index contributed by atoms with van der Waals surface area (Å²) in [5, 5.41) is 18.1. The molecule has 1 aromatic heterocycles. The third-order valence-corrected chi connectivity index (χ3v) is 9.81. The fourth-order valence-corrected chi connectivity index (χ4v) is 7.82. The van der Waals surface area contributed by atoms with E-state index in [0.717, 1.165) is 11.3 Å². The van der Waals surface area contributed by atoms with Gasteiger partial charge in [-0.2, -0.15) is 0 Å². The first-order chi connectivity index (χ1) is 16.0. The largest absolute Gasteiger partial charge is 0.481 e. The second-order valence-corrected chi connectivity index (χ2v) is 11.7. The molecule has 0 aromatic carbocycles. The van der Waals surface area contributed by atoms with Gasteiger partial charge in [0, 0.05) is 11.9 Å². The molecule has 4 rings (SSSR count). The molecule has 34 heavy (non-hydrogen) atoms. The number of nitrogens with two attached hydrogens (primary N) is 1. The molecule has 12 nitrogen and oxygen atoms in total. The number of nitrogens with one attached hydrogen (secondary N) is 1. The number of β-lactam (4-membered cyclic amide) rings is 1. The summed E-state index contributed by atoms with van der Waals surface area (Å²) in [6.45, 7) is 3.51. The summed E-state index contributed by atoms with van der Waals surface area (Å²) >= 11 is 3.83. The summed E-state index contributed by atoms with van der Waals surface area (Å²) in [5.41, 5.74) is 4.40. The first-order valence-corrected chi connectivity index (χ1v) is 13.3. The lowest BCUT2D eigenvalue weighted by atomic mass is 9.81. The molecule has 4 heterocycles. The number of nitrogens with zero attached hydrogens (tertiary/aromatic N) is 3. The number of aliphatic carboxylic acids is 1. The third kappa shape index (κ3) is 4.12. The molecule has 15 heteroatoms. The molecule has 3 aliphatic rings. The molecule has 3 saturated heterocycles. The van der Waals surface area contributed by atoms with Crippen LogP contribution in [-0.2, 0) is 28.7 Å². The van der Waals surface area contributed by atoms with Crippen LogP contribution in [0.5, 0.6) is 0 Å². The predicted molar refractivity (Wildman–Crippen MR) is 127 cm³/mol. The van der Waals surface area contributed by atoms with Crippen molar-refractivity contribution in [1.82, 2.24) is 15.2 Å². The van der Waals surface area contributed by atoms with Crippen LogP contribution < -0.4 is 11.1 Å². The highest BCUT2D eigenvalue weighted by atomic mass is 32.2. The minimum Gasteiger partial charge on any atom is -0.481 e. The van der Waals surface area contributed by atoms with Gasteiger partial charge < -0.3 is 35.4 Å². The highest BCUT2D eigenvalue weighted by molar-refractivity contribution is 8.17. The molecular formula is C19H25N5O7S3. The minimum atomic E-state index is -1.38. The lowest BCUT2D eigenvalue weighted by molar-refractivity contribution is -0.179. The molecular weight excluding hydrogens is 506 g/mol. The van der Waals surface area contributed by atoms with E-state index in [9.17, 15) is 19.5 Å². The van der Waals surface area contributed by atoms with Gasteiger partial charge in [-0.25, -0.2) is 4.98 Å². The summed E-state index contributed by atoms with van der Waals surface area (Å²) in [6, 6.07) is -0.853. The van der Waals surface area contributed by atoms with Gasteiger partial charge in [0.05, 0.1) is 11.2 Å². The lowest BCUT2D eigenvalue weighted by Crippen LogP contribution is -2.76. The molecule has 3 fully saturated rings. The summed E-state index contributed by atoms with van der Waals surface area (Å²) in [7, 11) is 1.29. The molecule has 5 atom stereocenters. The van der Waals surface area contributed by atoms with E-state index in [1.807, 2.05) is 6.26 Å². The standard InChI is InChI=1S/C19H25N5O7S3/c1-18(2)30-5-9(31-18)19(15(27)28)7-24-13(26)11(14(24)34-16(19)32-4)22-12(25)10(23-29-3)8-6-33-17(20)21-8/h6,9,11,14,16H,5,7H2,1-4H3,(H2,20,21)(H,22,25)(H,27,28)/t9?,11?,14-,16?,19?/m1/s1. The summed E-state index contributed by atoms with van der Waals surface area (Å²) < 4.78 is 11.1. The van der Waals surface area contributed by atoms with Crippen LogP contribution in [0.3, 0.4) is 0 Å². The Kier molecular flexibility index (Phi) is 6.76. The van der Waals surface area contributed by atoms with Gasteiger partial charge in [-0.3, -0.25) is 14.4 Å². The van der Waals surface area contributed by atoms with E-state index in [1.54, 1.807) is 19.2 Å². The number of thiazole rings is 1. The topological polar surface area (TPSA) is 166 Å². The zero-order valence-electron chi connectivity index (χ0n) is 18.8. The number of carbonyl (C=O) groups excluding carboxylic acids is 2. The number of carbonyl (C=O) groups is 3. The zero-order chi connectivity index (χ0) is 24.8. The van der Waals surface area contributed by atoms with E-state index in [4.69, 9.17) is 20.0 Å². The number of carboxylic acids is 1. The highest BCUT2D eigenvalue weighted by Crippen LogP contribution is 2.54. The van der Waals surface area contributed by atoms with Crippen molar-refractivity contribution < 1.29 is 33.8 Å². The Morgan fingerprint density at radius 1 is 1.47 bits per heavy atom. The van der Waals surface area contributed by atoms with Crippen molar-refractivity contribution >= 4 is 63.5 Å². The second kappa shape index (κ2) is 9.18. The van der Waals surface area contributed by atoms with Crippen molar-refractivity contribution in [2.75, 3.05) is 32.3 Å². The van der Waals surface area contributed by atoms with Gasteiger partial charge in [-0.1, -0.05) is 5.16 Å². The van der Waals surface area contributed by atoms with E-state index in [1.165, 1.54) is 35.5 Å². The molecule has 0 saturated carbocycles. The average molecular weight is 532 g/mol. The first kappa shape index (κ1) is 25.0. The Bertz CT molecular complexity index is 1030. The van der Waals surface area contributed by atoms with Crippen molar-refractivity contribution in [3.63, 3.8) is 0 Å². The monoisotopic (exact) mass is 531 g/mol. The Morgan fingerprint density at radius 2 is 2.21 bits per heavy atom. The van der Waals surface area contributed by atoms with Gasteiger partial charge in [0.25, 0.3) is 5.91 Å². The van der Waals surface area contributed by atoms with Gasteiger partial charge in [0.2, 0.25) is 5.91 Å². The molecule has 4 unspecified atom stereocenters. The molecule has 0 bridgehead atoms. The molecule has 186 valence electrons. The number of thioether (sulfide) groups is 2. The number of amides is 2. The number of nitrogen functional groups attached to an aromatic ring is 1. The van der Waals surface area contributed by atoms with Crippen molar-refractivity contribution in [2.45, 2.75) is 41.7 Å². The quantitative estimate of drug-likeness (QED) is 0.253. The van der Waals surface area contributed by atoms with Crippen molar-refractivity contribution in [1.29, 1.82) is 0 Å². The fourth-order valence-electron chi connectivity index (χ4n) is 4.25. The van der Waals surface area contributed by atoms with Gasteiger partial charge in [-0.05, 0) is 20.1 Å². The van der Waals surface area contributed by atoms with Crippen LogP contribution in [0.25, 0.3) is 0 Å². The van der Waals surface area contributed by atoms with E-state index in [-0.39, 0.29) is 35.6 Å². The fraction of sp³-hybridized carbons (Fsp3) is 0.632. The van der Waals surface area contributed by atoms with Crippen molar-refractivity contribution in [3.05, 3.63) is 11.1 Å². The summed E-state index contributed by atoms with van der Waals surface area (Å²) in [5.74, 6) is -3.00. The van der Waals surface area contributed by atoms with E-state index >= 15 is 0 Å². The van der Waals surface area contributed by atoms with Crippen LogP contribution in [0, 0.1) is 5.41 Å². The minimum absolute atomic E-state index is 0.0531. The number of fused-ring (bicyclic) bond motifs is 1. The van der Waals surface area contributed by atoms with E-state index in [2.05, 4.69) is 15.5 Å². The molecule has 0 spiro atoms. The van der Waals surface area contributed by atoms with Gasteiger partial charge in [-0.15, -0.1) is 34.9 Å². The maximum atomic E-state index is 13.0. The van der Waals surface area contributed by atoms with Crippen LogP contribution in [0.4, 0.5) is 5.13 Å². The van der Waals surface area contributed by atoms with E-state index in [0.29, 0.717) is 0 Å². The van der Waals surface area contributed by atoms with Crippen molar-refractivity contribution in [3.8, 4) is 0 Å². The zero-order valence-corrected chi connectivity index (χ0v) is 21.3. The maximum Gasteiger partial charge on any atom is 0.316 e. The lowest BCUT2D eigenvalue weighted by Gasteiger charge is -2.57. The van der Waals surface area contributed by atoms with Gasteiger partial charge in [0.1, 0.15) is 35.7 Å². The third-order valence-electron chi connectivity index (χ3n) is 5.90. The van der Waals surface area contributed by atoms with Crippen LogP contribution in [0.2, 0.25) is 0 Å². The molecule has 0 radical (unpaired) electrons. The Morgan fingerprint density at radius 3 is 2.74 bits per heavy atom. The molecule has 1 aromatic rings. The van der Waals surface area contributed by atoms with Gasteiger partial charge in [0.15, 0.2) is 16.6 Å². The smallest absolute Gasteiger partial charge is 0.316 e. The Hall–Kier alpha value is -2.07. The number of anilines is 1. The number of ether oxygens (including phenoxy) is 2. The normalized spacial score (nSPS) is 32.6. The van der Waals surface area contributed by atoms with Crippen LogP contribution in [0.15, 0.2) is 10.5 Å². The van der Waals surface area contributed by atoms with Crippen molar-refractivity contribution in [2.24, 2.45) is 10.6 Å². The number of rotatable bonds is 7.